The van der Waals surface area contributed by atoms with Crippen LogP contribution in [-0.4, -0.2) is 12.5 Å². The molecule has 0 aromatic heterocycles. The number of hydrogen-bond donors (Lipinski definition) is 2. The summed E-state index contributed by atoms with van der Waals surface area (Å²) < 4.78 is 0. The van der Waals surface area contributed by atoms with Crippen molar-refractivity contribution >= 4 is 18.3 Å². The molecule has 0 radical (unpaired) electrons. The van der Waals surface area contributed by atoms with Gasteiger partial charge in [-0.15, -0.1) is 12.4 Å². The van der Waals surface area contributed by atoms with Crippen molar-refractivity contribution in [3.63, 3.8) is 0 Å². The maximum atomic E-state index is 11.9. The summed E-state index contributed by atoms with van der Waals surface area (Å²) in [5.74, 6) is 0.0435. The lowest BCUT2D eigenvalue weighted by Gasteiger charge is -2.13. The van der Waals surface area contributed by atoms with Crippen LogP contribution in [0.4, 0.5) is 0 Å². The highest BCUT2D eigenvalue weighted by molar-refractivity contribution is 5.85. The zero-order valence-electron chi connectivity index (χ0n) is 12.8. The number of aryl methyl sites for hydroxylation is 2. The number of halogens is 1. The molecule has 0 saturated carbocycles. The lowest BCUT2D eigenvalue weighted by molar-refractivity contribution is -0.121. The molecule has 3 nitrogen and oxygen atoms in total. The average molecular weight is 319 g/mol. The Bertz CT molecular complexity index is 569. The summed E-state index contributed by atoms with van der Waals surface area (Å²) in [4.78, 5) is 11.9. The molecule has 22 heavy (non-hydrogen) atoms. The summed E-state index contributed by atoms with van der Waals surface area (Å²) in [7, 11) is 0. The van der Waals surface area contributed by atoms with Crippen molar-refractivity contribution in [1.82, 2.24) is 5.32 Å². The first-order chi connectivity index (χ1) is 10.1. The van der Waals surface area contributed by atoms with Gasteiger partial charge in [0.25, 0.3) is 0 Å². The molecule has 0 bridgehead atoms. The number of nitrogens with one attached hydrogen (secondary N) is 1. The molecule has 0 spiro atoms. The van der Waals surface area contributed by atoms with E-state index in [1.807, 2.05) is 30.3 Å². The second kappa shape index (κ2) is 9.23. The van der Waals surface area contributed by atoms with E-state index >= 15 is 0 Å². The fourth-order valence-corrected chi connectivity index (χ4v) is 2.14. The Kier molecular flexibility index (Phi) is 7.64. The predicted molar refractivity (Wildman–Crippen MR) is 93.1 cm³/mol. The SMILES string of the molecule is Cc1ccc(CCC(=O)NCC(N)c2ccccc2)cc1.Cl. The van der Waals surface area contributed by atoms with Crippen LogP contribution in [0.3, 0.4) is 0 Å². The van der Waals surface area contributed by atoms with Crippen LogP contribution in [0.1, 0.15) is 29.2 Å². The Morgan fingerprint density at radius 3 is 2.36 bits per heavy atom. The van der Waals surface area contributed by atoms with Gasteiger partial charge in [-0.25, -0.2) is 0 Å². The van der Waals surface area contributed by atoms with Crippen molar-refractivity contribution in [1.29, 1.82) is 0 Å². The Hall–Kier alpha value is -1.84. The van der Waals surface area contributed by atoms with Gasteiger partial charge in [-0.2, -0.15) is 0 Å². The summed E-state index contributed by atoms with van der Waals surface area (Å²) in [6, 6.07) is 17.9. The normalized spacial score (nSPS) is 11.4. The zero-order chi connectivity index (χ0) is 15.1. The van der Waals surface area contributed by atoms with E-state index in [4.69, 9.17) is 5.73 Å². The maximum Gasteiger partial charge on any atom is 0.220 e. The molecule has 1 amide bonds. The van der Waals surface area contributed by atoms with Crippen LogP contribution in [-0.2, 0) is 11.2 Å². The van der Waals surface area contributed by atoms with Crippen LogP contribution in [0.5, 0.6) is 0 Å². The largest absolute Gasteiger partial charge is 0.354 e. The van der Waals surface area contributed by atoms with Crippen molar-refractivity contribution in [2.75, 3.05) is 6.54 Å². The summed E-state index contributed by atoms with van der Waals surface area (Å²) >= 11 is 0. The summed E-state index contributed by atoms with van der Waals surface area (Å²) in [5, 5.41) is 2.90. The molecular weight excluding hydrogens is 296 g/mol. The standard InChI is InChI=1S/C18H22N2O.ClH/c1-14-7-9-15(10-8-14)11-12-18(21)20-13-17(19)16-5-3-2-4-6-16;/h2-10,17H,11-13,19H2,1H3,(H,20,21);1H. The first-order valence-electron chi connectivity index (χ1n) is 7.28. The molecule has 0 aliphatic heterocycles. The van der Waals surface area contributed by atoms with Gasteiger partial charge in [0, 0.05) is 19.0 Å². The third-order valence-electron chi connectivity index (χ3n) is 3.51. The molecule has 1 unspecified atom stereocenters. The molecule has 2 aromatic rings. The van der Waals surface area contributed by atoms with Gasteiger partial charge in [0.15, 0.2) is 0 Å². The van der Waals surface area contributed by atoms with Gasteiger partial charge >= 0.3 is 0 Å². The molecule has 0 aliphatic carbocycles. The highest BCUT2D eigenvalue weighted by atomic mass is 35.5. The van der Waals surface area contributed by atoms with Crippen molar-refractivity contribution < 1.29 is 4.79 Å². The summed E-state index contributed by atoms with van der Waals surface area (Å²) in [6.45, 7) is 2.53. The molecule has 1 atom stereocenters. The van der Waals surface area contributed by atoms with E-state index in [0.717, 1.165) is 12.0 Å². The summed E-state index contributed by atoms with van der Waals surface area (Å²) in [6.07, 6.45) is 1.25. The van der Waals surface area contributed by atoms with Gasteiger partial charge in [-0.3, -0.25) is 4.79 Å². The van der Waals surface area contributed by atoms with E-state index in [9.17, 15) is 4.79 Å². The van der Waals surface area contributed by atoms with Crippen LogP contribution in [0.25, 0.3) is 0 Å². The van der Waals surface area contributed by atoms with E-state index in [2.05, 4.69) is 36.5 Å². The van der Waals surface area contributed by atoms with E-state index in [-0.39, 0.29) is 24.4 Å². The molecule has 2 rings (SSSR count). The second-order valence-electron chi connectivity index (χ2n) is 5.31. The van der Waals surface area contributed by atoms with Crippen LogP contribution in [0, 0.1) is 6.92 Å². The van der Waals surface area contributed by atoms with Crippen LogP contribution >= 0.6 is 12.4 Å². The highest BCUT2D eigenvalue weighted by Gasteiger charge is 2.07. The van der Waals surface area contributed by atoms with E-state index in [1.165, 1.54) is 11.1 Å². The molecule has 0 fully saturated rings. The Morgan fingerprint density at radius 1 is 1.09 bits per heavy atom. The topological polar surface area (TPSA) is 55.1 Å². The fraction of sp³-hybridized carbons (Fsp3) is 0.278. The van der Waals surface area contributed by atoms with Crippen molar-refractivity contribution in [3.05, 3.63) is 71.3 Å². The number of carbonyl (C=O) groups excluding carboxylic acids is 1. The van der Waals surface area contributed by atoms with E-state index < -0.39 is 0 Å². The number of amides is 1. The van der Waals surface area contributed by atoms with Crippen LogP contribution < -0.4 is 11.1 Å². The van der Waals surface area contributed by atoms with Crippen molar-refractivity contribution in [2.24, 2.45) is 5.73 Å². The van der Waals surface area contributed by atoms with Crippen LogP contribution in [0.2, 0.25) is 0 Å². The first kappa shape index (κ1) is 18.2. The van der Waals surface area contributed by atoms with Crippen molar-refractivity contribution in [3.8, 4) is 0 Å². The molecular formula is C18H23ClN2O. The van der Waals surface area contributed by atoms with Gasteiger partial charge in [-0.05, 0) is 24.5 Å². The number of carbonyl (C=O) groups is 1. The van der Waals surface area contributed by atoms with Crippen LogP contribution in [0.15, 0.2) is 54.6 Å². The quantitative estimate of drug-likeness (QED) is 0.859. The zero-order valence-corrected chi connectivity index (χ0v) is 13.6. The predicted octanol–water partition coefficient (Wildman–Crippen LogP) is 3.17. The number of nitrogens with two attached hydrogens (primary N) is 1. The summed E-state index contributed by atoms with van der Waals surface area (Å²) in [5.41, 5.74) is 9.51. The Morgan fingerprint density at radius 2 is 1.73 bits per heavy atom. The average Bonchev–Trinajstić information content (AvgIpc) is 2.53. The number of hydrogen-bond acceptors (Lipinski definition) is 2. The molecule has 2 aromatic carbocycles. The van der Waals surface area contributed by atoms with Gasteiger partial charge in [0.05, 0.1) is 0 Å². The van der Waals surface area contributed by atoms with Gasteiger partial charge < -0.3 is 11.1 Å². The lowest BCUT2D eigenvalue weighted by Crippen LogP contribution is -2.32. The first-order valence-corrected chi connectivity index (χ1v) is 7.28. The molecule has 4 heteroatoms. The molecule has 118 valence electrons. The Balaban J connectivity index is 0.00000242. The van der Waals surface area contributed by atoms with Gasteiger partial charge in [0.2, 0.25) is 5.91 Å². The van der Waals surface area contributed by atoms with E-state index in [1.54, 1.807) is 0 Å². The molecule has 0 aliphatic rings. The van der Waals surface area contributed by atoms with Gasteiger partial charge in [-0.1, -0.05) is 60.2 Å². The minimum absolute atomic E-state index is 0. The maximum absolute atomic E-state index is 11.9. The number of benzene rings is 2. The minimum atomic E-state index is -0.158. The monoisotopic (exact) mass is 318 g/mol. The lowest BCUT2D eigenvalue weighted by atomic mass is 10.1. The minimum Gasteiger partial charge on any atom is -0.354 e. The second-order valence-corrected chi connectivity index (χ2v) is 5.31. The third kappa shape index (κ3) is 5.88. The fourth-order valence-electron chi connectivity index (χ4n) is 2.14. The third-order valence-corrected chi connectivity index (χ3v) is 3.51. The molecule has 0 heterocycles. The van der Waals surface area contributed by atoms with Crippen molar-refractivity contribution in [2.45, 2.75) is 25.8 Å². The molecule has 0 saturated heterocycles. The Labute approximate surface area is 138 Å². The molecule has 3 N–H and O–H groups in total. The van der Waals surface area contributed by atoms with Gasteiger partial charge in [0.1, 0.15) is 0 Å². The highest BCUT2D eigenvalue weighted by Crippen LogP contribution is 2.09. The number of rotatable bonds is 6. The van der Waals surface area contributed by atoms with E-state index in [0.29, 0.717) is 13.0 Å². The smallest absolute Gasteiger partial charge is 0.220 e.